The number of halogens is 2. The number of rotatable bonds is 4. The summed E-state index contributed by atoms with van der Waals surface area (Å²) in [6.45, 7) is 0. The number of nitrogens with one attached hydrogen (secondary N) is 1. The summed E-state index contributed by atoms with van der Waals surface area (Å²) in [4.78, 5) is 21.2. The van der Waals surface area contributed by atoms with E-state index in [1.807, 2.05) is 24.3 Å². The molecule has 0 fully saturated rings. The van der Waals surface area contributed by atoms with E-state index in [4.69, 9.17) is 20.4 Å². The van der Waals surface area contributed by atoms with Crippen LogP contribution < -0.4 is 5.32 Å². The minimum absolute atomic E-state index is 0.195. The van der Waals surface area contributed by atoms with Gasteiger partial charge in [-0.3, -0.25) is 4.79 Å². The number of fused-ring (bicyclic) bond motifs is 1. The molecule has 6 nitrogen and oxygen atoms in total. The molecule has 0 saturated carbocycles. The summed E-state index contributed by atoms with van der Waals surface area (Å²) in [5.41, 5.74) is 2.99. The smallest absolute Gasteiger partial charge is 0.291 e. The second kappa shape index (κ2) is 8.02. The molecule has 0 spiro atoms. The Bertz CT molecular complexity index is 1380. The van der Waals surface area contributed by atoms with E-state index in [1.165, 1.54) is 0 Å². The highest BCUT2D eigenvalue weighted by atomic mass is 79.9. The Morgan fingerprint density at radius 3 is 2.65 bits per heavy atom. The second-order valence-electron chi connectivity index (χ2n) is 6.66. The lowest BCUT2D eigenvalue weighted by atomic mass is 10.2. The molecule has 0 aliphatic heterocycles. The summed E-state index contributed by atoms with van der Waals surface area (Å²) in [5.74, 6) is 0.745. The van der Waals surface area contributed by atoms with E-state index in [2.05, 4.69) is 31.2 Å². The molecule has 0 atom stereocenters. The standard InChI is InChI=1S/C23H13BrClN3O3/c24-14-5-3-13(4-6-14)18-9-10-20(30-18)22(29)27-15-7-8-17(25)16(12-15)23-28-21-19(31-23)2-1-11-26-21/h1-12H,(H,27,29). The van der Waals surface area contributed by atoms with Crippen molar-refractivity contribution in [3.8, 4) is 22.8 Å². The van der Waals surface area contributed by atoms with Crippen LogP contribution in [0.15, 0.2) is 86.2 Å². The average Bonchev–Trinajstić information content (AvgIpc) is 3.43. The number of anilines is 1. The molecule has 0 aliphatic rings. The van der Waals surface area contributed by atoms with Gasteiger partial charge in [-0.15, -0.1) is 0 Å². The van der Waals surface area contributed by atoms with Gasteiger partial charge in [-0.1, -0.05) is 39.7 Å². The molecule has 0 aliphatic carbocycles. The Morgan fingerprint density at radius 2 is 1.84 bits per heavy atom. The summed E-state index contributed by atoms with van der Waals surface area (Å²) >= 11 is 9.74. The Morgan fingerprint density at radius 1 is 1.00 bits per heavy atom. The van der Waals surface area contributed by atoms with E-state index in [0.717, 1.165) is 10.0 Å². The fourth-order valence-electron chi connectivity index (χ4n) is 3.07. The molecule has 152 valence electrons. The van der Waals surface area contributed by atoms with Crippen LogP contribution in [0.2, 0.25) is 5.02 Å². The van der Waals surface area contributed by atoms with Crippen LogP contribution in [0.4, 0.5) is 5.69 Å². The molecule has 5 aromatic rings. The first-order chi connectivity index (χ1) is 15.1. The summed E-state index contributed by atoms with van der Waals surface area (Å²) in [7, 11) is 0. The van der Waals surface area contributed by atoms with Gasteiger partial charge in [0.2, 0.25) is 5.89 Å². The van der Waals surface area contributed by atoms with Gasteiger partial charge in [-0.05, 0) is 54.6 Å². The Hall–Kier alpha value is -3.42. The number of amides is 1. The van der Waals surface area contributed by atoms with E-state index in [0.29, 0.717) is 39.2 Å². The highest BCUT2D eigenvalue weighted by Crippen LogP contribution is 2.32. The summed E-state index contributed by atoms with van der Waals surface area (Å²) in [5, 5.41) is 3.26. The van der Waals surface area contributed by atoms with E-state index < -0.39 is 0 Å². The minimum Gasteiger partial charge on any atom is -0.451 e. The molecule has 3 aromatic heterocycles. The van der Waals surface area contributed by atoms with Crippen molar-refractivity contribution in [3.63, 3.8) is 0 Å². The molecule has 5 rings (SSSR count). The number of pyridine rings is 1. The van der Waals surface area contributed by atoms with Crippen LogP contribution in [0.5, 0.6) is 0 Å². The maximum atomic E-state index is 12.7. The molecular formula is C23H13BrClN3O3. The lowest BCUT2D eigenvalue weighted by Gasteiger charge is -2.06. The van der Waals surface area contributed by atoms with Crippen LogP contribution >= 0.6 is 27.5 Å². The molecule has 0 saturated heterocycles. The van der Waals surface area contributed by atoms with Crippen LogP contribution in [-0.4, -0.2) is 15.9 Å². The zero-order chi connectivity index (χ0) is 21.4. The largest absolute Gasteiger partial charge is 0.451 e. The molecule has 0 bridgehead atoms. The quantitative estimate of drug-likeness (QED) is 0.296. The predicted molar refractivity (Wildman–Crippen MR) is 122 cm³/mol. The number of carbonyl (C=O) groups excluding carboxylic acids is 1. The number of benzene rings is 2. The number of oxazole rings is 1. The van der Waals surface area contributed by atoms with Gasteiger partial charge in [0.15, 0.2) is 17.0 Å². The molecule has 3 heterocycles. The van der Waals surface area contributed by atoms with Crippen LogP contribution in [0, 0.1) is 0 Å². The van der Waals surface area contributed by atoms with Gasteiger partial charge in [0.05, 0.1) is 10.6 Å². The van der Waals surface area contributed by atoms with Crippen LogP contribution in [0.1, 0.15) is 10.6 Å². The third-order valence-corrected chi connectivity index (χ3v) is 5.44. The van der Waals surface area contributed by atoms with Crippen LogP contribution in [-0.2, 0) is 0 Å². The molecule has 8 heteroatoms. The zero-order valence-electron chi connectivity index (χ0n) is 15.8. The first kappa shape index (κ1) is 19.5. The van der Waals surface area contributed by atoms with Crippen molar-refractivity contribution in [1.29, 1.82) is 0 Å². The van der Waals surface area contributed by atoms with Crippen LogP contribution in [0.3, 0.4) is 0 Å². The van der Waals surface area contributed by atoms with E-state index in [-0.39, 0.29) is 11.7 Å². The minimum atomic E-state index is -0.379. The van der Waals surface area contributed by atoms with Gasteiger partial charge in [0.1, 0.15) is 5.76 Å². The third-order valence-electron chi connectivity index (χ3n) is 4.58. The monoisotopic (exact) mass is 493 g/mol. The maximum Gasteiger partial charge on any atom is 0.291 e. The van der Waals surface area contributed by atoms with Gasteiger partial charge < -0.3 is 14.2 Å². The van der Waals surface area contributed by atoms with Gasteiger partial charge in [-0.25, -0.2) is 4.98 Å². The van der Waals surface area contributed by atoms with Crippen LogP contribution in [0.25, 0.3) is 34.0 Å². The van der Waals surface area contributed by atoms with Gasteiger partial charge in [0.25, 0.3) is 5.91 Å². The van der Waals surface area contributed by atoms with Crippen molar-refractivity contribution in [2.45, 2.75) is 0 Å². The summed E-state index contributed by atoms with van der Waals surface area (Å²) in [6, 6.07) is 19.6. The van der Waals surface area contributed by atoms with Crippen molar-refractivity contribution in [2.24, 2.45) is 0 Å². The topological polar surface area (TPSA) is 81.2 Å². The van der Waals surface area contributed by atoms with Gasteiger partial charge in [-0.2, -0.15) is 4.98 Å². The Labute approximate surface area is 190 Å². The third kappa shape index (κ3) is 3.97. The predicted octanol–water partition coefficient (Wildman–Crippen LogP) is 6.82. The van der Waals surface area contributed by atoms with E-state index in [9.17, 15) is 4.79 Å². The number of hydrogen-bond acceptors (Lipinski definition) is 5. The van der Waals surface area contributed by atoms with Crippen molar-refractivity contribution in [2.75, 3.05) is 5.32 Å². The molecule has 31 heavy (non-hydrogen) atoms. The fourth-order valence-corrected chi connectivity index (χ4v) is 3.54. The normalized spacial score (nSPS) is 11.0. The highest BCUT2D eigenvalue weighted by molar-refractivity contribution is 9.10. The molecule has 0 radical (unpaired) electrons. The van der Waals surface area contributed by atoms with Crippen molar-refractivity contribution in [1.82, 2.24) is 9.97 Å². The second-order valence-corrected chi connectivity index (χ2v) is 7.99. The summed E-state index contributed by atoms with van der Waals surface area (Å²) in [6.07, 6.45) is 1.64. The first-order valence-corrected chi connectivity index (χ1v) is 10.4. The maximum absolute atomic E-state index is 12.7. The number of nitrogens with zero attached hydrogens (tertiary/aromatic N) is 2. The molecule has 0 unspecified atom stereocenters. The Balaban J connectivity index is 1.39. The lowest BCUT2D eigenvalue weighted by molar-refractivity contribution is 0.0997. The SMILES string of the molecule is O=C(Nc1ccc(Cl)c(-c2nc3ncccc3o2)c1)c1ccc(-c2ccc(Br)cc2)o1. The Kier molecular flexibility index (Phi) is 5.05. The molecule has 1 amide bonds. The average molecular weight is 495 g/mol. The van der Waals surface area contributed by atoms with E-state index >= 15 is 0 Å². The molecular weight excluding hydrogens is 482 g/mol. The van der Waals surface area contributed by atoms with Gasteiger partial charge in [0, 0.05) is 21.9 Å². The lowest BCUT2D eigenvalue weighted by Crippen LogP contribution is -2.10. The van der Waals surface area contributed by atoms with Gasteiger partial charge >= 0.3 is 0 Å². The summed E-state index contributed by atoms with van der Waals surface area (Å²) < 4.78 is 12.4. The van der Waals surface area contributed by atoms with E-state index in [1.54, 1.807) is 48.7 Å². The van der Waals surface area contributed by atoms with Crippen molar-refractivity contribution < 1.29 is 13.6 Å². The molecule has 2 aromatic carbocycles. The zero-order valence-corrected chi connectivity index (χ0v) is 18.1. The number of aromatic nitrogens is 2. The first-order valence-electron chi connectivity index (χ1n) is 9.25. The highest BCUT2D eigenvalue weighted by Gasteiger charge is 2.16. The number of carbonyl (C=O) groups is 1. The van der Waals surface area contributed by atoms with Crippen molar-refractivity contribution in [3.05, 3.63) is 88.2 Å². The molecule has 1 N–H and O–H groups in total. The number of furan rings is 1. The fraction of sp³-hybridized carbons (Fsp3) is 0. The van der Waals surface area contributed by atoms with Crippen molar-refractivity contribution >= 4 is 50.4 Å². The number of hydrogen-bond donors (Lipinski definition) is 1.